The molecular weight excluding hydrogens is 305 g/mol. The summed E-state index contributed by atoms with van der Waals surface area (Å²) in [4.78, 5) is 21.7. The van der Waals surface area contributed by atoms with Crippen LogP contribution in [-0.4, -0.2) is 50.0 Å². The van der Waals surface area contributed by atoms with Crippen LogP contribution in [0.2, 0.25) is 0 Å². The number of hydrogen-bond donors (Lipinski definition) is 1. The van der Waals surface area contributed by atoms with Crippen LogP contribution in [0.15, 0.2) is 23.1 Å². The molecule has 0 saturated heterocycles. The van der Waals surface area contributed by atoms with Crippen LogP contribution in [-0.2, 0) is 19.6 Å². The number of ether oxygens (including phenoxy) is 1. The molecule has 0 aromatic heterocycles. The van der Waals surface area contributed by atoms with Gasteiger partial charge in [0.05, 0.1) is 17.6 Å². The summed E-state index contributed by atoms with van der Waals surface area (Å²) in [5.41, 5.74) is -0.285. The van der Waals surface area contributed by atoms with E-state index in [2.05, 4.69) is 4.74 Å². The zero-order chi connectivity index (χ0) is 16.4. The van der Waals surface area contributed by atoms with E-state index in [4.69, 9.17) is 5.11 Å². The molecule has 9 heteroatoms. The molecule has 1 rings (SSSR count). The van der Waals surface area contributed by atoms with E-state index in [0.717, 1.165) is 26.3 Å². The largest absolute Gasteiger partial charge is 0.480 e. The van der Waals surface area contributed by atoms with Gasteiger partial charge in [0.2, 0.25) is 10.0 Å². The van der Waals surface area contributed by atoms with Crippen molar-refractivity contribution in [3.63, 3.8) is 0 Å². The molecule has 0 aliphatic rings. The van der Waals surface area contributed by atoms with Gasteiger partial charge in [0.25, 0.3) is 0 Å². The van der Waals surface area contributed by atoms with E-state index in [1.807, 2.05) is 0 Å². The van der Waals surface area contributed by atoms with Crippen molar-refractivity contribution in [2.24, 2.45) is 0 Å². The molecule has 0 aliphatic carbocycles. The smallest absolute Gasteiger partial charge is 0.337 e. The summed E-state index contributed by atoms with van der Waals surface area (Å²) in [7, 11) is -2.14. The van der Waals surface area contributed by atoms with E-state index in [0.29, 0.717) is 10.4 Å². The number of halogens is 1. The third-order valence-corrected chi connectivity index (χ3v) is 4.78. The van der Waals surface area contributed by atoms with Gasteiger partial charge in [-0.15, -0.1) is 0 Å². The average Bonchev–Trinajstić information content (AvgIpc) is 2.43. The first-order chi connectivity index (χ1) is 9.61. The number of rotatable bonds is 5. The highest BCUT2D eigenvalue weighted by atomic mass is 32.2. The molecule has 0 saturated carbocycles. The van der Waals surface area contributed by atoms with Crippen molar-refractivity contribution in [1.29, 1.82) is 0 Å². The van der Waals surface area contributed by atoms with Gasteiger partial charge >= 0.3 is 11.9 Å². The number of carboxylic acid groups (broad SMARTS) is 1. The Kier molecular flexibility index (Phi) is 5.02. The lowest BCUT2D eigenvalue weighted by molar-refractivity contribution is -0.140. The van der Waals surface area contributed by atoms with E-state index in [-0.39, 0.29) is 5.56 Å². The van der Waals surface area contributed by atoms with Crippen molar-refractivity contribution in [3.05, 3.63) is 29.6 Å². The lowest BCUT2D eigenvalue weighted by atomic mass is 10.2. The Balaban J connectivity index is 3.35. The van der Waals surface area contributed by atoms with E-state index >= 15 is 0 Å². The van der Waals surface area contributed by atoms with E-state index in [9.17, 15) is 22.4 Å². The maximum atomic E-state index is 13.5. The molecule has 21 heavy (non-hydrogen) atoms. The number of likely N-dealkylation sites (N-methyl/N-ethyl adjacent to an activating group) is 1. The summed E-state index contributed by atoms with van der Waals surface area (Å²) in [6.07, 6.45) is 0. The van der Waals surface area contributed by atoms with Crippen LogP contribution in [0.25, 0.3) is 0 Å². The van der Waals surface area contributed by atoms with Gasteiger partial charge in [0.1, 0.15) is 11.9 Å². The maximum Gasteiger partial charge on any atom is 0.337 e. The Morgan fingerprint density at radius 1 is 1.33 bits per heavy atom. The molecule has 1 unspecified atom stereocenters. The summed E-state index contributed by atoms with van der Waals surface area (Å²) in [6, 6.07) is 1.10. The van der Waals surface area contributed by atoms with Crippen molar-refractivity contribution in [2.45, 2.75) is 17.9 Å². The fourth-order valence-electron chi connectivity index (χ4n) is 1.48. The molecule has 1 atom stereocenters. The van der Waals surface area contributed by atoms with Gasteiger partial charge in [0.15, 0.2) is 0 Å². The summed E-state index contributed by atoms with van der Waals surface area (Å²) in [5, 5.41) is 8.84. The molecule has 1 aromatic carbocycles. The number of carboxylic acids is 1. The molecule has 0 radical (unpaired) electrons. The Hall–Kier alpha value is -2.00. The highest BCUT2D eigenvalue weighted by Gasteiger charge is 2.30. The quantitative estimate of drug-likeness (QED) is 0.802. The van der Waals surface area contributed by atoms with Crippen LogP contribution in [0.3, 0.4) is 0 Å². The van der Waals surface area contributed by atoms with E-state index in [1.54, 1.807) is 0 Å². The number of sulfonamides is 1. The van der Waals surface area contributed by atoms with Gasteiger partial charge < -0.3 is 9.84 Å². The number of esters is 1. The number of aliphatic carboxylic acids is 1. The van der Waals surface area contributed by atoms with Crippen LogP contribution in [0.1, 0.15) is 17.3 Å². The third kappa shape index (κ3) is 3.56. The van der Waals surface area contributed by atoms with Crippen molar-refractivity contribution in [1.82, 2.24) is 4.31 Å². The standard InChI is InChI=1S/C12H14FNO6S/c1-7(11(15)16)14(2)21(18,19)10-5-8(12(17)20-3)4-9(13)6-10/h4-7H,1-3H3,(H,15,16). The van der Waals surface area contributed by atoms with Gasteiger partial charge in [-0.3, -0.25) is 4.79 Å². The van der Waals surface area contributed by atoms with Crippen LogP contribution in [0.4, 0.5) is 4.39 Å². The monoisotopic (exact) mass is 319 g/mol. The van der Waals surface area contributed by atoms with Crippen LogP contribution in [0, 0.1) is 5.82 Å². The second-order valence-electron chi connectivity index (χ2n) is 4.20. The molecule has 0 bridgehead atoms. The molecule has 0 amide bonds. The van der Waals surface area contributed by atoms with E-state index in [1.165, 1.54) is 6.92 Å². The van der Waals surface area contributed by atoms with Crippen LogP contribution >= 0.6 is 0 Å². The number of methoxy groups -OCH3 is 1. The number of hydrogen-bond acceptors (Lipinski definition) is 5. The topological polar surface area (TPSA) is 101 Å². The van der Waals surface area contributed by atoms with Gasteiger partial charge in [-0.2, -0.15) is 4.31 Å². The molecule has 0 spiro atoms. The van der Waals surface area contributed by atoms with Crippen LogP contribution in [0.5, 0.6) is 0 Å². The van der Waals surface area contributed by atoms with Crippen molar-refractivity contribution < 1.29 is 32.2 Å². The minimum atomic E-state index is -4.27. The lowest BCUT2D eigenvalue weighted by Gasteiger charge is -2.21. The highest BCUT2D eigenvalue weighted by Crippen LogP contribution is 2.20. The Morgan fingerprint density at radius 3 is 2.38 bits per heavy atom. The zero-order valence-electron chi connectivity index (χ0n) is 11.5. The zero-order valence-corrected chi connectivity index (χ0v) is 12.3. The van der Waals surface area contributed by atoms with Gasteiger partial charge in [0, 0.05) is 7.05 Å². The first-order valence-corrected chi connectivity index (χ1v) is 7.15. The molecular formula is C12H14FNO6S. The normalized spacial score (nSPS) is 13.0. The summed E-state index contributed by atoms with van der Waals surface area (Å²) in [5.74, 6) is -3.21. The molecule has 1 aromatic rings. The van der Waals surface area contributed by atoms with Gasteiger partial charge in [-0.25, -0.2) is 17.6 Å². The van der Waals surface area contributed by atoms with Crippen molar-refractivity contribution in [3.8, 4) is 0 Å². The molecule has 0 aliphatic heterocycles. The van der Waals surface area contributed by atoms with Gasteiger partial charge in [-0.1, -0.05) is 0 Å². The SMILES string of the molecule is COC(=O)c1cc(F)cc(S(=O)(=O)N(C)C(C)C(=O)O)c1. The lowest BCUT2D eigenvalue weighted by Crippen LogP contribution is -2.40. The Bertz CT molecular complexity index is 672. The summed E-state index contributed by atoms with van der Waals surface area (Å²) in [6.45, 7) is 1.17. The van der Waals surface area contributed by atoms with E-state index < -0.39 is 38.7 Å². The molecule has 7 nitrogen and oxygen atoms in total. The number of carbonyl (C=O) groups excluding carboxylic acids is 1. The fourth-order valence-corrected chi connectivity index (χ4v) is 2.85. The molecule has 1 N–H and O–H groups in total. The second kappa shape index (κ2) is 6.19. The van der Waals surface area contributed by atoms with Crippen molar-refractivity contribution >= 4 is 22.0 Å². The minimum absolute atomic E-state index is 0.285. The summed E-state index contributed by atoms with van der Waals surface area (Å²) >= 11 is 0. The molecule has 116 valence electrons. The highest BCUT2D eigenvalue weighted by molar-refractivity contribution is 7.89. The summed E-state index contributed by atoms with van der Waals surface area (Å²) < 4.78 is 42.9. The van der Waals surface area contributed by atoms with Crippen molar-refractivity contribution in [2.75, 3.05) is 14.2 Å². The average molecular weight is 319 g/mol. The molecule has 0 fully saturated rings. The fraction of sp³-hybridized carbons (Fsp3) is 0.333. The predicted octanol–water partition coefficient (Wildman–Crippen LogP) is 0.706. The molecule has 0 heterocycles. The number of nitrogens with zero attached hydrogens (tertiary/aromatic N) is 1. The first kappa shape index (κ1) is 17.1. The first-order valence-electron chi connectivity index (χ1n) is 5.71. The van der Waals surface area contributed by atoms with Gasteiger partial charge in [-0.05, 0) is 25.1 Å². The minimum Gasteiger partial charge on any atom is -0.480 e. The number of carbonyl (C=O) groups is 2. The Labute approximate surface area is 121 Å². The maximum absolute atomic E-state index is 13.5. The Morgan fingerprint density at radius 2 is 1.90 bits per heavy atom. The second-order valence-corrected chi connectivity index (χ2v) is 6.20. The number of benzene rings is 1. The third-order valence-electron chi connectivity index (χ3n) is 2.87. The predicted molar refractivity (Wildman–Crippen MR) is 69.8 cm³/mol. The van der Waals surface area contributed by atoms with Crippen LogP contribution < -0.4 is 0 Å².